The average Bonchev–Trinajstić information content (AvgIpc) is 2.72. The topological polar surface area (TPSA) is 71.5 Å². The van der Waals surface area contributed by atoms with Crippen LogP contribution in [0.3, 0.4) is 0 Å². The van der Waals surface area contributed by atoms with Crippen molar-refractivity contribution in [3.8, 4) is 16.9 Å². The van der Waals surface area contributed by atoms with Crippen molar-refractivity contribution < 1.29 is 23.4 Å². The van der Waals surface area contributed by atoms with Gasteiger partial charge in [-0.3, -0.25) is 4.98 Å². The number of nitrogens with one attached hydrogen (secondary N) is 1. The van der Waals surface area contributed by atoms with Gasteiger partial charge in [-0.1, -0.05) is 12.1 Å². The molecular weight excluding hydrogens is 378 g/mol. The van der Waals surface area contributed by atoms with Gasteiger partial charge in [0.1, 0.15) is 17.4 Å². The molecule has 0 saturated carbocycles. The second-order valence-corrected chi connectivity index (χ2v) is 6.82. The molecule has 0 spiro atoms. The van der Waals surface area contributed by atoms with E-state index in [2.05, 4.69) is 10.3 Å². The molecule has 1 atom stereocenters. The summed E-state index contributed by atoms with van der Waals surface area (Å²) < 4.78 is 33.1. The van der Waals surface area contributed by atoms with E-state index in [1.165, 1.54) is 30.6 Å². The fraction of sp³-hybridized carbons (Fsp3) is 0.182. The molecular formula is C22H18F2N2O3. The van der Waals surface area contributed by atoms with Gasteiger partial charge in [-0.25, -0.2) is 13.6 Å². The number of ether oxygens (including phenoxy) is 1. The Hall–Kier alpha value is -3.48. The van der Waals surface area contributed by atoms with Crippen LogP contribution in [0.25, 0.3) is 11.1 Å². The fourth-order valence-corrected chi connectivity index (χ4v) is 3.52. The number of hydrogen-bond acceptors (Lipinski definition) is 4. The number of carbonyl (C=O) groups is 1. The third-order valence-electron chi connectivity index (χ3n) is 5.01. The van der Waals surface area contributed by atoms with Crippen LogP contribution in [0.4, 0.5) is 14.5 Å². The van der Waals surface area contributed by atoms with Crippen LogP contribution in [0.1, 0.15) is 28.3 Å². The molecule has 4 rings (SSSR count). The fourth-order valence-electron chi connectivity index (χ4n) is 3.52. The molecule has 2 heterocycles. The number of carboxylic acid groups (broad SMARTS) is 1. The van der Waals surface area contributed by atoms with Crippen LogP contribution in [-0.4, -0.2) is 29.2 Å². The summed E-state index contributed by atoms with van der Waals surface area (Å²) in [6.07, 6.45) is 3.69. The number of rotatable bonds is 5. The van der Waals surface area contributed by atoms with Crippen LogP contribution < -0.4 is 10.1 Å². The Bertz CT molecular complexity index is 1070. The highest BCUT2D eigenvalue weighted by atomic mass is 19.1. The standard InChI is InChI=1S/C22H18F2N2O3/c23-15-2-4-16(19(24)10-15)13-1-3-17-14(6-8-29-21(17)9-13)11-26-20-12-25-7-5-18(20)22(27)28/h1-5,7,9-10,12,14,26H,6,8,11H2,(H,27,28)/t14-/m1/s1. The molecule has 7 heteroatoms. The molecule has 0 saturated heterocycles. The lowest BCUT2D eigenvalue weighted by Gasteiger charge is -2.27. The third-order valence-corrected chi connectivity index (χ3v) is 5.01. The van der Waals surface area contributed by atoms with Crippen molar-refractivity contribution in [2.75, 3.05) is 18.5 Å². The first-order valence-electron chi connectivity index (χ1n) is 9.16. The number of aromatic nitrogens is 1. The van der Waals surface area contributed by atoms with E-state index in [0.29, 0.717) is 35.7 Å². The zero-order valence-electron chi connectivity index (χ0n) is 15.4. The summed E-state index contributed by atoms with van der Waals surface area (Å²) in [6, 6.07) is 10.3. The maximum absolute atomic E-state index is 14.1. The van der Waals surface area contributed by atoms with Gasteiger partial charge in [-0.2, -0.15) is 0 Å². The summed E-state index contributed by atoms with van der Waals surface area (Å²) >= 11 is 0. The van der Waals surface area contributed by atoms with Gasteiger partial charge in [0.25, 0.3) is 0 Å². The van der Waals surface area contributed by atoms with Gasteiger partial charge < -0.3 is 15.2 Å². The van der Waals surface area contributed by atoms with Crippen molar-refractivity contribution in [3.63, 3.8) is 0 Å². The Morgan fingerprint density at radius 1 is 1.21 bits per heavy atom. The largest absolute Gasteiger partial charge is 0.493 e. The van der Waals surface area contributed by atoms with Gasteiger partial charge in [0, 0.05) is 30.3 Å². The maximum atomic E-state index is 14.1. The van der Waals surface area contributed by atoms with Crippen LogP contribution in [-0.2, 0) is 0 Å². The average molecular weight is 396 g/mol. The summed E-state index contributed by atoms with van der Waals surface area (Å²) in [5.41, 5.74) is 2.48. The summed E-state index contributed by atoms with van der Waals surface area (Å²) in [7, 11) is 0. The summed E-state index contributed by atoms with van der Waals surface area (Å²) in [5, 5.41) is 12.5. The van der Waals surface area contributed by atoms with Gasteiger partial charge in [-0.15, -0.1) is 0 Å². The molecule has 2 N–H and O–H groups in total. The van der Waals surface area contributed by atoms with E-state index in [9.17, 15) is 18.7 Å². The number of hydrogen-bond donors (Lipinski definition) is 2. The number of benzene rings is 2. The molecule has 0 unspecified atom stereocenters. The lowest BCUT2D eigenvalue weighted by Crippen LogP contribution is -2.21. The molecule has 2 aromatic carbocycles. The lowest BCUT2D eigenvalue weighted by molar-refractivity contribution is 0.0697. The number of pyridine rings is 1. The van der Waals surface area contributed by atoms with Crippen LogP contribution in [0.5, 0.6) is 5.75 Å². The smallest absolute Gasteiger partial charge is 0.337 e. The van der Waals surface area contributed by atoms with E-state index in [1.807, 2.05) is 6.07 Å². The van der Waals surface area contributed by atoms with Gasteiger partial charge in [0.05, 0.1) is 24.1 Å². The summed E-state index contributed by atoms with van der Waals surface area (Å²) in [6.45, 7) is 1.00. The molecule has 0 bridgehead atoms. The van der Waals surface area contributed by atoms with Crippen LogP contribution in [0.2, 0.25) is 0 Å². The van der Waals surface area contributed by atoms with Crippen molar-refractivity contribution in [1.29, 1.82) is 0 Å². The number of nitrogens with zero attached hydrogens (tertiary/aromatic N) is 1. The Morgan fingerprint density at radius 3 is 2.86 bits per heavy atom. The minimum atomic E-state index is -1.02. The highest BCUT2D eigenvalue weighted by Crippen LogP contribution is 2.37. The second kappa shape index (κ2) is 7.87. The van der Waals surface area contributed by atoms with E-state index in [1.54, 1.807) is 12.1 Å². The van der Waals surface area contributed by atoms with E-state index in [-0.39, 0.29) is 11.5 Å². The molecule has 148 valence electrons. The minimum Gasteiger partial charge on any atom is -0.493 e. The SMILES string of the molecule is O=C(O)c1ccncc1NC[C@H]1CCOc2cc(-c3ccc(F)cc3F)ccc21. The molecule has 3 aromatic rings. The molecule has 1 aliphatic rings. The van der Waals surface area contributed by atoms with E-state index >= 15 is 0 Å². The van der Waals surface area contributed by atoms with Crippen molar-refractivity contribution in [2.24, 2.45) is 0 Å². The third kappa shape index (κ3) is 3.89. The Morgan fingerprint density at radius 2 is 2.07 bits per heavy atom. The normalized spacial score (nSPS) is 15.3. The zero-order chi connectivity index (χ0) is 20.4. The summed E-state index contributed by atoms with van der Waals surface area (Å²) in [4.78, 5) is 15.3. The lowest BCUT2D eigenvalue weighted by atomic mass is 9.91. The highest BCUT2D eigenvalue weighted by molar-refractivity contribution is 5.93. The van der Waals surface area contributed by atoms with Crippen molar-refractivity contribution in [2.45, 2.75) is 12.3 Å². The Labute approximate surface area is 166 Å². The molecule has 0 radical (unpaired) electrons. The molecule has 0 fully saturated rings. The van der Waals surface area contributed by atoms with Crippen molar-refractivity contribution in [1.82, 2.24) is 4.98 Å². The van der Waals surface area contributed by atoms with Crippen molar-refractivity contribution in [3.05, 3.63) is 77.6 Å². The van der Waals surface area contributed by atoms with E-state index in [4.69, 9.17) is 4.74 Å². The van der Waals surface area contributed by atoms with Crippen LogP contribution in [0, 0.1) is 11.6 Å². The molecule has 0 amide bonds. The number of fused-ring (bicyclic) bond motifs is 1. The first-order chi connectivity index (χ1) is 14.0. The first-order valence-corrected chi connectivity index (χ1v) is 9.16. The first kappa shape index (κ1) is 18.9. The number of halogens is 2. The Kier molecular flexibility index (Phi) is 5.12. The number of carboxylic acids is 1. The van der Waals surface area contributed by atoms with E-state index in [0.717, 1.165) is 18.1 Å². The van der Waals surface area contributed by atoms with Crippen LogP contribution >= 0.6 is 0 Å². The number of aromatic carboxylic acids is 1. The zero-order valence-corrected chi connectivity index (χ0v) is 15.4. The number of anilines is 1. The van der Waals surface area contributed by atoms with Gasteiger partial charge in [-0.05, 0) is 41.8 Å². The maximum Gasteiger partial charge on any atom is 0.337 e. The highest BCUT2D eigenvalue weighted by Gasteiger charge is 2.23. The molecule has 1 aromatic heterocycles. The Balaban J connectivity index is 1.57. The predicted octanol–water partition coefficient (Wildman–Crippen LogP) is 4.70. The summed E-state index contributed by atoms with van der Waals surface area (Å²) in [5.74, 6) is -1.53. The predicted molar refractivity (Wildman–Crippen MR) is 104 cm³/mol. The van der Waals surface area contributed by atoms with E-state index < -0.39 is 17.6 Å². The second-order valence-electron chi connectivity index (χ2n) is 6.82. The van der Waals surface area contributed by atoms with Gasteiger partial charge in [0.15, 0.2) is 0 Å². The van der Waals surface area contributed by atoms with Gasteiger partial charge in [0.2, 0.25) is 0 Å². The quantitative estimate of drug-likeness (QED) is 0.654. The van der Waals surface area contributed by atoms with Gasteiger partial charge >= 0.3 is 5.97 Å². The van der Waals surface area contributed by atoms with Crippen molar-refractivity contribution >= 4 is 11.7 Å². The molecule has 5 nitrogen and oxygen atoms in total. The molecule has 0 aliphatic carbocycles. The monoisotopic (exact) mass is 396 g/mol. The molecule has 1 aliphatic heterocycles. The minimum absolute atomic E-state index is 0.0905. The van der Waals surface area contributed by atoms with Crippen LogP contribution in [0.15, 0.2) is 54.9 Å². The molecule has 29 heavy (non-hydrogen) atoms.